The number of likely N-dealkylation sites (N-methyl/N-ethyl adjacent to an activating group) is 1. The van der Waals surface area contributed by atoms with Crippen LogP contribution in [0.5, 0.6) is 0 Å². The summed E-state index contributed by atoms with van der Waals surface area (Å²) in [5.41, 5.74) is 8.13. The summed E-state index contributed by atoms with van der Waals surface area (Å²) >= 11 is 0. The number of aliphatic hydroxyl groups excluding tert-OH is 1. The number of hydrogen-bond donors (Lipinski definition) is 2. The van der Waals surface area contributed by atoms with Crippen molar-refractivity contribution in [2.24, 2.45) is 0 Å². The molecule has 0 radical (unpaired) electrons. The Morgan fingerprint density at radius 2 is 2.28 bits per heavy atom. The number of rotatable bonds is 6. The van der Waals surface area contributed by atoms with Gasteiger partial charge in [0.15, 0.2) is 0 Å². The molecule has 1 aromatic rings. The molecule has 0 heterocycles. The lowest BCUT2D eigenvalue weighted by Gasteiger charge is -2.23. The molecule has 1 rings (SSSR count). The third-order valence-electron chi connectivity index (χ3n) is 2.68. The van der Waals surface area contributed by atoms with E-state index in [-0.39, 0.29) is 6.42 Å². The quantitative estimate of drug-likeness (QED) is 0.728. The molecule has 3 N–H and O–H groups in total. The molecule has 98 valence electrons. The van der Waals surface area contributed by atoms with Crippen molar-refractivity contribution >= 4 is 11.4 Å². The van der Waals surface area contributed by atoms with Crippen molar-refractivity contribution in [1.29, 1.82) is 5.26 Å². The number of benzene rings is 1. The van der Waals surface area contributed by atoms with Crippen LogP contribution in [0.4, 0.5) is 11.4 Å². The molecule has 0 aromatic heterocycles. The Labute approximate surface area is 107 Å². The number of methoxy groups -OCH3 is 1. The van der Waals surface area contributed by atoms with Crippen molar-refractivity contribution in [1.82, 2.24) is 0 Å². The Hall–Kier alpha value is -1.77. The van der Waals surface area contributed by atoms with Crippen LogP contribution >= 0.6 is 0 Å². The average Bonchev–Trinajstić information content (AvgIpc) is 2.32. The van der Waals surface area contributed by atoms with Gasteiger partial charge in [0.2, 0.25) is 0 Å². The van der Waals surface area contributed by atoms with Gasteiger partial charge in [-0.1, -0.05) is 0 Å². The molecule has 0 fully saturated rings. The highest BCUT2D eigenvalue weighted by Crippen LogP contribution is 2.21. The summed E-state index contributed by atoms with van der Waals surface area (Å²) in [7, 11) is 3.43. The molecule has 1 unspecified atom stereocenters. The fraction of sp³-hybridized carbons (Fsp3) is 0.462. The van der Waals surface area contributed by atoms with Crippen LogP contribution in [0.25, 0.3) is 0 Å². The second kappa shape index (κ2) is 6.84. The number of nitrogens with two attached hydrogens (primary N) is 1. The van der Waals surface area contributed by atoms with Crippen molar-refractivity contribution in [3.63, 3.8) is 0 Å². The van der Waals surface area contributed by atoms with Crippen LogP contribution in [0.3, 0.4) is 0 Å². The van der Waals surface area contributed by atoms with Crippen LogP contribution < -0.4 is 10.6 Å². The number of aliphatic hydroxyl groups is 1. The summed E-state index contributed by atoms with van der Waals surface area (Å²) in [4.78, 5) is 1.91. The number of nitrogen functional groups attached to an aromatic ring is 1. The predicted octanol–water partition coefficient (Wildman–Crippen LogP) is 0.778. The minimum absolute atomic E-state index is 0.286. The predicted molar refractivity (Wildman–Crippen MR) is 71.3 cm³/mol. The highest BCUT2D eigenvalue weighted by molar-refractivity contribution is 5.59. The Morgan fingerprint density at radius 3 is 2.89 bits per heavy atom. The van der Waals surface area contributed by atoms with Gasteiger partial charge >= 0.3 is 0 Å². The zero-order valence-electron chi connectivity index (χ0n) is 10.8. The molecule has 5 nitrogen and oxygen atoms in total. The third-order valence-corrected chi connectivity index (χ3v) is 2.68. The smallest absolute Gasteiger partial charge is 0.0947 e. The van der Waals surface area contributed by atoms with Crippen LogP contribution in [0.15, 0.2) is 18.2 Å². The monoisotopic (exact) mass is 249 g/mol. The fourth-order valence-corrected chi connectivity index (χ4v) is 1.73. The molecule has 0 aliphatic carbocycles. The summed E-state index contributed by atoms with van der Waals surface area (Å²) in [6, 6.07) is 7.61. The van der Waals surface area contributed by atoms with Gasteiger partial charge in [-0.2, -0.15) is 5.26 Å². The van der Waals surface area contributed by atoms with E-state index in [1.54, 1.807) is 13.2 Å². The summed E-state index contributed by atoms with van der Waals surface area (Å²) in [6.07, 6.45) is -0.259. The number of nitrogens with zero attached hydrogens (tertiary/aromatic N) is 2. The van der Waals surface area contributed by atoms with Crippen molar-refractivity contribution < 1.29 is 9.84 Å². The molecule has 0 bridgehead atoms. The molecular weight excluding hydrogens is 230 g/mol. The number of anilines is 2. The first-order valence-corrected chi connectivity index (χ1v) is 5.72. The zero-order valence-corrected chi connectivity index (χ0v) is 10.8. The van der Waals surface area contributed by atoms with E-state index in [0.29, 0.717) is 18.8 Å². The number of ether oxygens (including phenoxy) is 1. The first-order valence-electron chi connectivity index (χ1n) is 5.72. The minimum atomic E-state index is -0.544. The van der Waals surface area contributed by atoms with Crippen LogP contribution in [-0.4, -0.2) is 38.5 Å². The summed E-state index contributed by atoms with van der Waals surface area (Å²) in [5, 5.41) is 18.4. The van der Waals surface area contributed by atoms with Gasteiger partial charge in [-0.3, -0.25) is 0 Å². The van der Waals surface area contributed by atoms with E-state index in [2.05, 4.69) is 6.07 Å². The standard InChI is InChI=1S/C13H19N3O2/c1-16(8-12(17)9-18-2)11-3-4-13(15)10(7-11)5-6-14/h3-4,7,12,17H,5,8-9,15H2,1-2H3. The first kappa shape index (κ1) is 14.3. The van der Waals surface area contributed by atoms with E-state index in [4.69, 9.17) is 15.7 Å². The van der Waals surface area contributed by atoms with Gasteiger partial charge in [0.25, 0.3) is 0 Å². The molecule has 0 saturated carbocycles. The van der Waals surface area contributed by atoms with E-state index in [1.165, 1.54) is 0 Å². The lowest BCUT2D eigenvalue weighted by molar-refractivity contribution is 0.0695. The second-order valence-electron chi connectivity index (χ2n) is 4.21. The van der Waals surface area contributed by atoms with E-state index in [1.807, 2.05) is 24.1 Å². The van der Waals surface area contributed by atoms with Crippen LogP contribution in [0.1, 0.15) is 5.56 Å². The molecule has 0 spiro atoms. The third kappa shape index (κ3) is 3.91. The second-order valence-corrected chi connectivity index (χ2v) is 4.21. The molecule has 5 heteroatoms. The number of hydrogen-bond acceptors (Lipinski definition) is 5. The average molecular weight is 249 g/mol. The van der Waals surface area contributed by atoms with Gasteiger partial charge < -0.3 is 20.5 Å². The number of nitriles is 1. The van der Waals surface area contributed by atoms with E-state index >= 15 is 0 Å². The van der Waals surface area contributed by atoms with Gasteiger partial charge in [-0.25, -0.2) is 0 Å². The van der Waals surface area contributed by atoms with E-state index in [9.17, 15) is 5.11 Å². The molecule has 18 heavy (non-hydrogen) atoms. The summed E-state index contributed by atoms with van der Waals surface area (Å²) < 4.78 is 4.88. The zero-order chi connectivity index (χ0) is 13.5. The molecule has 0 saturated heterocycles. The van der Waals surface area contributed by atoms with Gasteiger partial charge in [0.05, 0.1) is 25.2 Å². The topological polar surface area (TPSA) is 82.5 Å². The van der Waals surface area contributed by atoms with Gasteiger partial charge in [0, 0.05) is 32.1 Å². The minimum Gasteiger partial charge on any atom is -0.398 e. The molecule has 1 atom stereocenters. The molecule has 0 aliphatic heterocycles. The van der Waals surface area contributed by atoms with Crippen LogP contribution in [0, 0.1) is 11.3 Å². The Balaban J connectivity index is 2.77. The van der Waals surface area contributed by atoms with Gasteiger partial charge in [0.1, 0.15) is 0 Å². The maximum atomic E-state index is 9.66. The fourth-order valence-electron chi connectivity index (χ4n) is 1.73. The maximum Gasteiger partial charge on any atom is 0.0947 e. The SMILES string of the molecule is COCC(O)CN(C)c1ccc(N)c(CC#N)c1. The van der Waals surface area contributed by atoms with Crippen LogP contribution in [-0.2, 0) is 11.2 Å². The highest BCUT2D eigenvalue weighted by Gasteiger charge is 2.10. The van der Waals surface area contributed by atoms with Crippen molar-refractivity contribution in [3.8, 4) is 6.07 Å². The van der Waals surface area contributed by atoms with Crippen LogP contribution in [0.2, 0.25) is 0 Å². The molecule has 0 amide bonds. The Bertz CT molecular complexity index is 429. The molecule has 0 aliphatic rings. The van der Waals surface area contributed by atoms with Crippen molar-refractivity contribution in [2.45, 2.75) is 12.5 Å². The first-order chi connectivity index (χ1) is 8.58. The van der Waals surface area contributed by atoms with Gasteiger partial charge in [-0.05, 0) is 23.8 Å². The van der Waals surface area contributed by atoms with E-state index in [0.717, 1.165) is 11.3 Å². The summed E-state index contributed by atoms with van der Waals surface area (Å²) in [5.74, 6) is 0. The molecular formula is C13H19N3O2. The molecule has 1 aromatic carbocycles. The Kier molecular flexibility index (Phi) is 5.43. The lowest BCUT2D eigenvalue weighted by Crippen LogP contribution is -2.31. The normalized spacial score (nSPS) is 11.9. The highest BCUT2D eigenvalue weighted by atomic mass is 16.5. The van der Waals surface area contributed by atoms with E-state index < -0.39 is 6.10 Å². The Morgan fingerprint density at radius 1 is 1.56 bits per heavy atom. The van der Waals surface area contributed by atoms with Crippen molar-refractivity contribution in [3.05, 3.63) is 23.8 Å². The maximum absolute atomic E-state index is 9.66. The summed E-state index contributed by atoms with van der Waals surface area (Å²) in [6.45, 7) is 0.758. The van der Waals surface area contributed by atoms with Crippen molar-refractivity contribution in [2.75, 3.05) is 37.9 Å². The van der Waals surface area contributed by atoms with Gasteiger partial charge in [-0.15, -0.1) is 0 Å². The largest absolute Gasteiger partial charge is 0.398 e. The lowest BCUT2D eigenvalue weighted by atomic mass is 10.1.